The number of nitrogens with one attached hydrogen (secondary N) is 2. The summed E-state index contributed by atoms with van der Waals surface area (Å²) in [6.07, 6.45) is 0. The predicted octanol–water partition coefficient (Wildman–Crippen LogP) is 2.34. The molecule has 1 aromatic rings. The predicted molar refractivity (Wildman–Crippen MR) is 112 cm³/mol. The fourth-order valence-electron chi connectivity index (χ4n) is 2.12. The lowest BCUT2D eigenvalue weighted by Crippen LogP contribution is -2.59. The van der Waals surface area contributed by atoms with E-state index in [4.69, 9.17) is 0 Å². The maximum absolute atomic E-state index is 12.5. The van der Waals surface area contributed by atoms with Crippen molar-refractivity contribution in [2.45, 2.75) is 50.3 Å². The fourth-order valence-corrected chi connectivity index (χ4v) is 3.20. The summed E-state index contributed by atoms with van der Waals surface area (Å²) in [7, 11) is 0. The SMILES string of the molecule is CC(C)[C@H](S)C(=O)NC(C)(C)C(=O)N[C@@H](CSCc1ccccc1)C(=O)O. The Labute approximate surface area is 170 Å². The van der Waals surface area contributed by atoms with E-state index in [1.165, 1.54) is 25.6 Å². The summed E-state index contributed by atoms with van der Waals surface area (Å²) in [6.45, 7) is 6.79. The number of thiol groups is 1. The Bertz CT molecular complexity index is 650. The van der Waals surface area contributed by atoms with Crippen molar-refractivity contribution in [3.05, 3.63) is 35.9 Å². The smallest absolute Gasteiger partial charge is 0.327 e. The van der Waals surface area contributed by atoms with Crippen molar-refractivity contribution in [3.8, 4) is 0 Å². The van der Waals surface area contributed by atoms with Crippen LogP contribution in [0.5, 0.6) is 0 Å². The molecule has 27 heavy (non-hydrogen) atoms. The molecule has 0 spiro atoms. The van der Waals surface area contributed by atoms with Crippen LogP contribution in [0.3, 0.4) is 0 Å². The molecule has 150 valence electrons. The highest BCUT2D eigenvalue weighted by atomic mass is 32.2. The fraction of sp³-hybridized carbons (Fsp3) is 0.526. The van der Waals surface area contributed by atoms with Crippen LogP contribution in [-0.4, -0.2) is 45.5 Å². The number of benzene rings is 1. The number of hydrogen-bond donors (Lipinski definition) is 4. The average molecular weight is 413 g/mol. The van der Waals surface area contributed by atoms with Gasteiger partial charge in [-0.25, -0.2) is 4.79 Å². The van der Waals surface area contributed by atoms with Crippen LogP contribution in [0.15, 0.2) is 30.3 Å². The van der Waals surface area contributed by atoms with Crippen LogP contribution in [-0.2, 0) is 20.1 Å². The van der Waals surface area contributed by atoms with Crippen LogP contribution in [0.1, 0.15) is 33.3 Å². The summed E-state index contributed by atoms with van der Waals surface area (Å²) < 4.78 is 0. The maximum atomic E-state index is 12.5. The minimum atomic E-state index is -1.25. The first-order valence-electron chi connectivity index (χ1n) is 8.70. The molecular formula is C19H28N2O4S2. The van der Waals surface area contributed by atoms with Gasteiger partial charge >= 0.3 is 5.97 Å². The molecule has 0 fully saturated rings. The number of hydrogen-bond acceptors (Lipinski definition) is 5. The van der Waals surface area contributed by atoms with Crippen LogP contribution >= 0.6 is 24.4 Å². The van der Waals surface area contributed by atoms with E-state index < -0.39 is 28.7 Å². The van der Waals surface area contributed by atoms with Gasteiger partial charge in [-0.15, -0.1) is 0 Å². The van der Waals surface area contributed by atoms with Gasteiger partial charge in [-0.1, -0.05) is 44.2 Å². The normalized spacial score (nSPS) is 13.7. The molecule has 0 radical (unpaired) electrons. The zero-order valence-corrected chi connectivity index (χ0v) is 17.8. The van der Waals surface area contributed by atoms with Gasteiger partial charge in [0.15, 0.2) is 0 Å². The van der Waals surface area contributed by atoms with Gasteiger partial charge in [0, 0.05) is 11.5 Å². The van der Waals surface area contributed by atoms with Gasteiger partial charge in [-0.05, 0) is 25.3 Å². The molecule has 0 aromatic heterocycles. The maximum Gasteiger partial charge on any atom is 0.327 e. The highest BCUT2D eigenvalue weighted by molar-refractivity contribution is 7.98. The molecule has 6 nitrogen and oxygen atoms in total. The molecule has 3 N–H and O–H groups in total. The molecule has 0 bridgehead atoms. The number of thioether (sulfide) groups is 1. The monoisotopic (exact) mass is 412 g/mol. The molecule has 1 rings (SSSR count). The largest absolute Gasteiger partial charge is 0.480 e. The molecule has 0 aliphatic heterocycles. The Morgan fingerprint density at radius 1 is 1.19 bits per heavy atom. The van der Waals surface area contributed by atoms with Crippen molar-refractivity contribution in [1.29, 1.82) is 0 Å². The highest BCUT2D eigenvalue weighted by Gasteiger charge is 2.34. The van der Waals surface area contributed by atoms with E-state index in [-0.39, 0.29) is 17.6 Å². The number of rotatable bonds is 10. The second-order valence-corrected chi connectivity index (χ2v) is 8.75. The third kappa shape index (κ3) is 7.84. The standard InChI is InChI=1S/C19H28N2O4S2/c1-12(2)15(26)16(22)21-19(3,4)18(25)20-14(17(23)24)11-27-10-13-8-6-5-7-9-13/h5-9,12,14-15,26H,10-11H2,1-4H3,(H,20,25)(H,21,22)(H,23,24)/t14-,15-/m0/s1. The number of carboxylic acid groups (broad SMARTS) is 1. The first-order valence-corrected chi connectivity index (χ1v) is 10.4. The molecule has 1 aromatic carbocycles. The van der Waals surface area contributed by atoms with Crippen molar-refractivity contribution >= 4 is 42.2 Å². The Balaban J connectivity index is 2.62. The lowest BCUT2D eigenvalue weighted by atomic mass is 10.0. The van der Waals surface area contributed by atoms with Crippen LogP contribution in [0, 0.1) is 5.92 Å². The Morgan fingerprint density at radius 2 is 1.78 bits per heavy atom. The van der Waals surface area contributed by atoms with Crippen molar-refractivity contribution in [1.82, 2.24) is 10.6 Å². The molecular weight excluding hydrogens is 384 g/mol. The second kappa shape index (κ2) is 10.6. The number of aliphatic carboxylic acids is 1. The van der Waals surface area contributed by atoms with Crippen LogP contribution < -0.4 is 10.6 Å². The van der Waals surface area contributed by atoms with Gasteiger partial charge in [-0.2, -0.15) is 24.4 Å². The van der Waals surface area contributed by atoms with Crippen molar-refractivity contribution in [2.24, 2.45) is 5.92 Å². The lowest BCUT2D eigenvalue weighted by Gasteiger charge is -2.29. The summed E-state index contributed by atoms with van der Waals surface area (Å²) in [5.41, 5.74) is -0.163. The van der Waals surface area contributed by atoms with Crippen molar-refractivity contribution in [3.63, 3.8) is 0 Å². The molecule has 0 aliphatic rings. The third-order valence-electron chi connectivity index (χ3n) is 3.90. The highest BCUT2D eigenvalue weighted by Crippen LogP contribution is 2.15. The second-order valence-electron chi connectivity index (χ2n) is 7.17. The molecule has 2 amide bonds. The lowest BCUT2D eigenvalue weighted by molar-refractivity contribution is -0.142. The number of carboxylic acids is 1. The average Bonchev–Trinajstić information content (AvgIpc) is 2.60. The van der Waals surface area contributed by atoms with Crippen LogP contribution in [0.4, 0.5) is 0 Å². The minimum absolute atomic E-state index is 0.00773. The van der Waals surface area contributed by atoms with Gasteiger partial charge in [0.25, 0.3) is 0 Å². The number of amides is 2. The van der Waals surface area contributed by atoms with E-state index in [0.717, 1.165) is 5.56 Å². The molecule has 0 aliphatic carbocycles. The first-order chi connectivity index (χ1) is 12.5. The summed E-state index contributed by atoms with van der Waals surface area (Å²) >= 11 is 5.67. The van der Waals surface area contributed by atoms with Crippen LogP contribution in [0.2, 0.25) is 0 Å². The van der Waals surface area contributed by atoms with Crippen LogP contribution in [0.25, 0.3) is 0 Å². The zero-order valence-electron chi connectivity index (χ0n) is 16.1. The van der Waals surface area contributed by atoms with Crippen molar-refractivity contribution in [2.75, 3.05) is 5.75 Å². The van der Waals surface area contributed by atoms with E-state index in [1.807, 2.05) is 44.2 Å². The van der Waals surface area contributed by atoms with Gasteiger partial charge in [-0.3, -0.25) is 9.59 Å². The molecule has 8 heteroatoms. The summed E-state index contributed by atoms with van der Waals surface area (Å²) in [4.78, 5) is 36.2. The van der Waals surface area contributed by atoms with E-state index >= 15 is 0 Å². The molecule has 0 saturated heterocycles. The van der Waals surface area contributed by atoms with E-state index in [0.29, 0.717) is 5.75 Å². The summed E-state index contributed by atoms with van der Waals surface area (Å²) in [6, 6.07) is 8.64. The number of carbonyl (C=O) groups excluding carboxylic acids is 2. The zero-order chi connectivity index (χ0) is 20.6. The van der Waals surface area contributed by atoms with Crippen molar-refractivity contribution < 1.29 is 19.5 Å². The topological polar surface area (TPSA) is 95.5 Å². The Hall–Kier alpha value is -1.67. The van der Waals surface area contributed by atoms with Gasteiger partial charge in [0.2, 0.25) is 11.8 Å². The molecule has 0 saturated carbocycles. The quantitative estimate of drug-likeness (QED) is 0.443. The van der Waals surface area contributed by atoms with E-state index in [9.17, 15) is 19.5 Å². The van der Waals surface area contributed by atoms with E-state index in [1.54, 1.807) is 0 Å². The Kier molecular flexibility index (Phi) is 9.18. The van der Waals surface area contributed by atoms with Gasteiger partial charge in [0.1, 0.15) is 11.6 Å². The minimum Gasteiger partial charge on any atom is -0.480 e. The van der Waals surface area contributed by atoms with Gasteiger partial charge in [0.05, 0.1) is 5.25 Å². The third-order valence-corrected chi connectivity index (χ3v) is 5.84. The molecule has 0 unspecified atom stereocenters. The molecule has 2 atom stereocenters. The number of carbonyl (C=O) groups is 3. The Morgan fingerprint density at radius 3 is 2.30 bits per heavy atom. The van der Waals surface area contributed by atoms with E-state index in [2.05, 4.69) is 23.3 Å². The molecule has 0 heterocycles. The first kappa shape index (κ1) is 23.4. The summed E-state index contributed by atoms with van der Waals surface area (Å²) in [5.74, 6) is -1.14. The van der Waals surface area contributed by atoms with Gasteiger partial charge < -0.3 is 15.7 Å². The summed E-state index contributed by atoms with van der Waals surface area (Å²) in [5, 5.41) is 14.0.